The number of nitrogens with zero attached hydrogens (tertiary/aromatic N) is 3. The van der Waals surface area contributed by atoms with E-state index >= 15 is 0 Å². The van der Waals surface area contributed by atoms with Gasteiger partial charge < -0.3 is 14.6 Å². The number of rotatable bonds is 5. The van der Waals surface area contributed by atoms with Crippen LogP contribution in [0.2, 0.25) is 0 Å². The van der Waals surface area contributed by atoms with Crippen LogP contribution in [0.5, 0.6) is 0 Å². The number of nitrogens with one attached hydrogen (secondary N) is 1. The molecule has 0 bridgehead atoms. The highest BCUT2D eigenvalue weighted by molar-refractivity contribution is 5.95. The number of likely N-dealkylation sites (tertiary alicyclic amines) is 1. The molecular formula is C17H22N4O3. The maximum absolute atomic E-state index is 12.4. The Morgan fingerprint density at radius 3 is 2.79 bits per heavy atom. The summed E-state index contributed by atoms with van der Waals surface area (Å²) in [6, 6.07) is 4.63. The summed E-state index contributed by atoms with van der Waals surface area (Å²) >= 11 is 0. The van der Waals surface area contributed by atoms with Gasteiger partial charge in [0.05, 0.1) is 6.54 Å². The summed E-state index contributed by atoms with van der Waals surface area (Å²) in [4.78, 5) is 26.4. The monoisotopic (exact) mass is 330 g/mol. The maximum Gasteiger partial charge on any atom is 0.287 e. The van der Waals surface area contributed by atoms with Crippen LogP contribution in [0.15, 0.2) is 35.0 Å². The Morgan fingerprint density at radius 2 is 2.08 bits per heavy atom. The van der Waals surface area contributed by atoms with Gasteiger partial charge >= 0.3 is 0 Å². The number of hydrogen-bond acceptors (Lipinski definition) is 4. The lowest BCUT2D eigenvalue weighted by Crippen LogP contribution is -2.48. The SMILES string of the molecule is C[C@H](NC(=O)c1ccc(Cn2cccn2)o1)C(=O)N1CCCCC1. The summed E-state index contributed by atoms with van der Waals surface area (Å²) in [5, 5.41) is 6.81. The Balaban J connectivity index is 1.56. The molecule has 0 spiro atoms. The molecule has 1 aliphatic rings. The Labute approximate surface area is 140 Å². The molecule has 1 saturated heterocycles. The lowest BCUT2D eigenvalue weighted by atomic mass is 10.1. The van der Waals surface area contributed by atoms with Crippen molar-refractivity contribution in [2.45, 2.75) is 38.8 Å². The maximum atomic E-state index is 12.4. The third kappa shape index (κ3) is 3.84. The first kappa shape index (κ1) is 16.3. The van der Waals surface area contributed by atoms with Crippen LogP contribution < -0.4 is 5.32 Å². The Kier molecular flexibility index (Phi) is 4.98. The first-order valence-electron chi connectivity index (χ1n) is 8.29. The molecule has 24 heavy (non-hydrogen) atoms. The fraction of sp³-hybridized carbons (Fsp3) is 0.471. The molecule has 1 fully saturated rings. The largest absolute Gasteiger partial charge is 0.454 e. The van der Waals surface area contributed by atoms with E-state index in [1.165, 1.54) is 0 Å². The summed E-state index contributed by atoms with van der Waals surface area (Å²) in [5.74, 6) is 0.431. The van der Waals surface area contributed by atoms with E-state index in [1.54, 1.807) is 29.9 Å². The van der Waals surface area contributed by atoms with Crippen molar-refractivity contribution in [2.75, 3.05) is 13.1 Å². The number of piperidine rings is 1. The average molecular weight is 330 g/mol. The highest BCUT2D eigenvalue weighted by atomic mass is 16.4. The molecule has 2 amide bonds. The van der Waals surface area contributed by atoms with Gasteiger partial charge in [-0.2, -0.15) is 5.10 Å². The topological polar surface area (TPSA) is 80.4 Å². The van der Waals surface area contributed by atoms with E-state index in [0.717, 1.165) is 32.4 Å². The molecule has 0 saturated carbocycles. The third-order valence-electron chi connectivity index (χ3n) is 4.15. The Bertz CT molecular complexity index is 687. The first-order chi connectivity index (χ1) is 11.6. The lowest BCUT2D eigenvalue weighted by Gasteiger charge is -2.29. The normalized spacial score (nSPS) is 16.0. The van der Waals surface area contributed by atoms with Crippen molar-refractivity contribution in [3.8, 4) is 0 Å². The van der Waals surface area contributed by atoms with E-state index in [-0.39, 0.29) is 17.6 Å². The summed E-state index contributed by atoms with van der Waals surface area (Å²) in [7, 11) is 0. The van der Waals surface area contributed by atoms with E-state index in [1.807, 2.05) is 17.2 Å². The molecule has 0 aromatic carbocycles. The van der Waals surface area contributed by atoms with Crippen molar-refractivity contribution >= 4 is 11.8 Å². The minimum atomic E-state index is -0.560. The van der Waals surface area contributed by atoms with Gasteiger partial charge in [0.25, 0.3) is 5.91 Å². The number of amides is 2. The fourth-order valence-electron chi connectivity index (χ4n) is 2.86. The number of hydrogen-bond donors (Lipinski definition) is 1. The summed E-state index contributed by atoms with van der Waals surface area (Å²) in [5.41, 5.74) is 0. The Hall–Kier alpha value is -2.57. The standard InChI is InChI=1S/C17H22N4O3/c1-13(17(23)20-9-3-2-4-10-20)19-16(22)15-7-6-14(24-15)12-21-11-5-8-18-21/h5-8,11,13H,2-4,9-10,12H2,1H3,(H,19,22)/t13-/m0/s1. The van der Waals surface area contributed by atoms with Gasteiger partial charge in [-0.05, 0) is 44.4 Å². The molecule has 7 nitrogen and oxygen atoms in total. The van der Waals surface area contributed by atoms with Crippen LogP contribution in [0.25, 0.3) is 0 Å². The van der Waals surface area contributed by atoms with Gasteiger partial charge in [0, 0.05) is 25.5 Å². The van der Waals surface area contributed by atoms with E-state index in [0.29, 0.717) is 12.3 Å². The second-order valence-electron chi connectivity index (χ2n) is 6.05. The molecule has 0 unspecified atom stereocenters. The molecule has 128 valence electrons. The fourth-order valence-corrected chi connectivity index (χ4v) is 2.86. The highest BCUT2D eigenvalue weighted by Gasteiger charge is 2.24. The zero-order valence-electron chi connectivity index (χ0n) is 13.8. The van der Waals surface area contributed by atoms with Crippen molar-refractivity contribution in [1.82, 2.24) is 20.0 Å². The van der Waals surface area contributed by atoms with Crippen molar-refractivity contribution in [3.63, 3.8) is 0 Å². The number of furan rings is 1. The molecule has 0 radical (unpaired) electrons. The van der Waals surface area contributed by atoms with Crippen molar-refractivity contribution in [1.29, 1.82) is 0 Å². The van der Waals surface area contributed by atoms with Gasteiger partial charge in [-0.15, -0.1) is 0 Å². The van der Waals surface area contributed by atoms with E-state index in [2.05, 4.69) is 10.4 Å². The van der Waals surface area contributed by atoms with Crippen LogP contribution in [-0.2, 0) is 11.3 Å². The minimum Gasteiger partial charge on any atom is -0.454 e. The summed E-state index contributed by atoms with van der Waals surface area (Å²) < 4.78 is 7.26. The van der Waals surface area contributed by atoms with Crippen molar-refractivity contribution in [2.24, 2.45) is 0 Å². The molecule has 1 N–H and O–H groups in total. The molecule has 0 aliphatic carbocycles. The van der Waals surface area contributed by atoms with Crippen molar-refractivity contribution in [3.05, 3.63) is 42.1 Å². The molecule has 3 heterocycles. The van der Waals surface area contributed by atoms with Gasteiger partial charge in [-0.1, -0.05) is 0 Å². The Morgan fingerprint density at radius 1 is 1.29 bits per heavy atom. The summed E-state index contributed by atoms with van der Waals surface area (Å²) in [6.07, 6.45) is 6.73. The zero-order valence-corrected chi connectivity index (χ0v) is 13.8. The van der Waals surface area contributed by atoms with E-state index in [9.17, 15) is 9.59 Å². The quantitative estimate of drug-likeness (QED) is 0.904. The molecular weight excluding hydrogens is 308 g/mol. The van der Waals surface area contributed by atoms with Gasteiger partial charge in [-0.3, -0.25) is 14.3 Å². The lowest BCUT2D eigenvalue weighted by molar-refractivity contribution is -0.133. The summed E-state index contributed by atoms with van der Waals surface area (Å²) in [6.45, 7) is 3.71. The molecule has 2 aromatic heterocycles. The number of aromatic nitrogens is 2. The average Bonchev–Trinajstić information content (AvgIpc) is 3.27. The van der Waals surface area contributed by atoms with Crippen molar-refractivity contribution < 1.29 is 14.0 Å². The van der Waals surface area contributed by atoms with Gasteiger partial charge in [0.15, 0.2) is 5.76 Å². The van der Waals surface area contributed by atoms with E-state index < -0.39 is 6.04 Å². The van der Waals surface area contributed by atoms with Gasteiger partial charge in [0.2, 0.25) is 5.91 Å². The minimum absolute atomic E-state index is 0.0358. The smallest absolute Gasteiger partial charge is 0.287 e. The van der Waals surface area contributed by atoms with E-state index in [4.69, 9.17) is 4.42 Å². The first-order valence-corrected chi connectivity index (χ1v) is 8.29. The molecule has 1 aliphatic heterocycles. The molecule has 2 aromatic rings. The van der Waals surface area contributed by atoms with Crippen LogP contribution in [0.4, 0.5) is 0 Å². The van der Waals surface area contributed by atoms with Crippen LogP contribution in [-0.4, -0.2) is 45.6 Å². The predicted molar refractivity (Wildman–Crippen MR) is 87.4 cm³/mol. The molecule has 1 atom stereocenters. The second kappa shape index (κ2) is 7.33. The highest BCUT2D eigenvalue weighted by Crippen LogP contribution is 2.12. The molecule has 7 heteroatoms. The van der Waals surface area contributed by atoms with Crippen LogP contribution in [0, 0.1) is 0 Å². The van der Waals surface area contributed by atoms with Crippen LogP contribution in [0.3, 0.4) is 0 Å². The number of carbonyl (C=O) groups is 2. The van der Waals surface area contributed by atoms with Gasteiger partial charge in [-0.25, -0.2) is 0 Å². The predicted octanol–water partition coefficient (Wildman–Crippen LogP) is 1.66. The third-order valence-corrected chi connectivity index (χ3v) is 4.15. The number of carbonyl (C=O) groups excluding carboxylic acids is 2. The molecule has 3 rings (SSSR count). The van der Waals surface area contributed by atoms with Gasteiger partial charge in [0.1, 0.15) is 11.8 Å². The second-order valence-corrected chi connectivity index (χ2v) is 6.05. The zero-order chi connectivity index (χ0) is 16.9. The van der Waals surface area contributed by atoms with Crippen LogP contribution >= 0.6 is 0 Å². The van der Waals surface area contributed by atoms with Crippen LogP contribution in [0.1, 0.15) is 42.5 Å².